The second-order valence-corrected chi connectivity index (χ2v) is 8.20. The number of benzene rings is 1. The first-order valence-electron chi connectivity index (χ1n) is 8.51. The molecule has 3 rings (SSSR count). The van der Waals surface area contributed by atoms with E-state index in [0.717, 1.165) is 16.4 Å². The highest BCUT2D eigenvalue weighted by Gasteiger charge is 2.17. The molecule has 1 aromatic carbocycles. The van der Waals surface area contributed by atoms with E-state index in [1.54, 1.807) is 23.5 Å². The van der Waals surface area contributed by atoms with E-state index >= 15 is 0 Å². The van der Waals surface area contributed by atoms with Crippen molar-refractivity contribution < 1.29 is 4.92 Å². The van der Waals surface area contributed by atoms with E-state index < -0.39 is 4.92 Å². The fourth-order valence-electron chi connectivity index (χ4n) is 2.45. The number of nitrogens with one attached hydrogen (secondary N) is 1. The molecule has 140 valence electrons. The zero-order valence-electron chi connectivity index (χ0n) is 15.7. The first kappa shape index (κ1) is 18.9. The van der Waals surface area contributed by atoms with Crippen molar-refractivity contribution in [2.75, 3.05) is 5.32 Å². The first-order valence-corrected chi connectivity index (χ1v) is 9.39. The van der Waals surface area contributed by atoms with Crippen LogP contribution in [-0.2, 0) is 12.0 Å². The van der Waals surface area contributed by atoms with Gasteiger partial charge >= 0.3 is 0 Å². The number of aryl methyl sites for hydroxylation is 1. The molecule has 0 unspecified atom stereocenters. The number of anilines is 1. The molecule has 0 radical (unpaired) electrons. The van der Waals surface area contributed by atoms with Crippen LogP contribution in [0.2, 0.25) is 0 Å². The highest BCUT2D eigenvalue weighted by atomic mass is 32.1. The van der Waals surface area contributed by atoms with E-state index in [1.165, 1.54) is 12.1 Å². The van der Waals surface area contributed by atoms with Crippen LogP contribution in [-0.4, -0.2) is 19.9 Å². The maximum Gasteiger partial charge on any atom is 0.270 e. The lowest BCUT2D eigenvalue weighted by atomic mass is 9.93. The van der Waals surface area contributed by atoms with Crippen LogP contribution in [0.25, 0.3) is 11.4 Å². The maximum absolute atomic E-state index is 11.0. The Labute approximate surface area is 161 Å². The quantitative estimate of drug-likeness (QED) is 0.506. The third-order valence-electron chi connectivity index (χ3n) is 3.91. The fourth-order valence-corrected chi connectivity index (χ4v) is 3.41. The van der Waals surface area contributed by atoms with Crippen LogP contribution in [0.5, 0.6) is 0 Å². The summed E-state index contributed by atoms with van der Waals surface area (Å²) in [7, 11) is 0. The summed E-state index contributed by atoms with van der Waals surface area (Å²) in [4.78, 5) is 24.2. The van der Waals surface area contributed by atoms with Crippen LogP contribution >= 0.6 is 11.3 Å². The second-order valence-electron chi connectivity index (χ2n) is 7.26. The molecule has 0 aliphatic heterocycles. The van der Waals surface area contributed by atoms with Crippen molar-refractivity contribution >= 4 is 22.8 Å². The van der Waals surface area contributed by atoms with E-state index in [1.807, 2.05) is 13.0 Å². The van der Waals surface area contributed by atoms with Crippen molar-refractivity contribution in [3.63, 3.8) is 0 Å². The summed E-state index contributed by atoms with van der Waals surface area (Å²) < 4.78 is 0. The summed E-state index contributed by atoms with van der Waals surface area (Å²) in [5.74, 6) is 1.12. The SMILES string of the molecule is Cc1cc(NCc2nc(C(C)(C)C)cs2)nc(-c2cccc([N+](=O)[O-])c2)n1. The van der Waals surface area contributed by atoms with Crippen LogP contribution in [0.15, 0.2) is 35.7 Å². The average molecular weight is 383 g/mol. The predicted molar refractivity (Wildman–Crippen MR) is 107 cm³/mol. The van der Waals surface area contributed by atoms with Crippen LogP contribution in [0.1, 0.15) is 37.2 Å². The number of aromatic nitrogens is 3. The molecule has 0 bridgehead atoms. The van der Waals surface area contributed by atoms with Gasteiger partial charge in [0.15, 0.2) is 5.82 Å². The van der Waals surface area contributed by atoms with Crippen molar-refractivity contribution in [2.45, 2.75) is 39.7 Å². The van der Waals surface area contributed by atoms with Crippen molar-refractivity contribution in [3.8, 4) is 11.4 Å². The van der Waals surface area contributed by atoms with Gasteiger partial charge in [-0.15, -0.1) is 11.3 Å². The summed E-state index contributed by atoms with van der Waals surface area (Å²) in [6.45, 7) is 8.84. The predicted octanol–water partition coefficient (Wildman–Crippen LogP) is 4.73. The third kappa shape index (κ3) is 4.65. The monoisotopic (exact) mass is 383 g/mol. The minimum absolute atomic E-state index is 0.0182. The lowest BCUT2D eigenvalue weighted by Gasteiger charge is -2.14. The Morgan fingerprint density at radius 1 is 1.19 bits per heavy atom. The Hall–Kier alpha value is -2.87. The highest BCUT2D eigenvalue weighted by molar-refractivity contribution is 7.09. The standard InChI is InChI=1S/C19H21N5O2S/c1-12-8-16(20-10-17-22-15(11-27-17)19(2,3)4)23-18(21-12)13-6-5-7-14(9-13)24(25)26/h5-9,11H,10H2,1-4H3,(H,20,21,23). The number of nitrogens with zero attached hydrogens (tertiary/aromatic N) is 4. The Bertz CT molecular complexity index is 978. The van der Waals surface area contributed by atoms with Gasteiger partial charge in [-0.25, -0.2) is 15.0 Å². The second kappa shape index (κ2) is 7.40. The maximum atomic E-state index is 11.0. The molecule has 2 aromatic heterocycles. The molecule has 0 aliphatic rings. The van der Waals surface area contributed by atoms with Gasteiger partial charge in [-0.2, -0.15) is 0 Å². The molecule has 2 heterocycles. The Kier molecular flexibility index (Phi) is 5.18. The minimum atomic E-state index is -0.423. The molecule has 0 saturated carbocycles. The van der Waals surface area contributed by atoms with Crippen molar-refractivity contribution in [1.29, 1.82) is 0 Å². The number of non-ortho nitro benzene ring substituents is 1. The van der Waals surface area contributed by atoms with Crippen LogP contribution < -0.4 is 5.32 Å². The number of hydrogen-bond acceptors (Lipinski definition) is 7. The largest absolute Gasteiger partial charge is 0.363 e. The fraction of sp³-hybridized carbons (Fsp3) is 0.316. The average Bonchev–Trinajstić information content (AvgIpc) is 3.09. The molecule has 1 N–H and O–H groups in total. The normalized spacial score (nSPS) is 11.4. The summed E-state index contributed by atoms with van der Waals surface area (Å²) in [6.07, 6.45) is 0. The molecule has 8 heteroatoms. The summed E-state index contributed by atoms with van der Waals surface area (Å²) in [6, 6.07) is 8.18. The van der Waals surface area contributed by atoms with Crippen LogP contribution in [0.4, 0.5) is 11.5 Å². The molecule has 0 saturated heterocycles. The minimum Gasteiger partial charge on any atom is -0.363 e. The van der Waals surface area contributed by atoms with Crippen molar-refractivity contribution in [3.05, 3.63) is 62.2 Å². The number of nitro groups is 1. The van der Waals surface area contributed by atoms with Gasteiger partial charge in [0.2, 0.25) is 0 Å². The van der Waals surface area contributed by atoms with E-state index in [2.05, 4.69) is 46.4 Å². The molecule has 0 aliphatic carbocycles. The Morgan fingerprint density at radius 3 is 2.63 bits per heavy atom. The smallest absolute Gasteiger partial charge is 0.270 e. The molecule has 0 fully saturated rings. The number of nitro benzene ring substituents is 1. The molecule has 0 amide bonds. The third-order valence-corrected chi connectivity index (χ3v) is 4.76. The number of hydrogen-bond donors (Lipinski definition) is 1. The summed E-state index contributed by atoms with van der Waals surface area (Å²) >= 11 is 1.61. The molecule has 0 atom stereocenters. The van der Waals surface area contributed by atoms with Gasteiger partial charge in [0.05, 0.1) is 17.2 Å². The van der Waals surface area contributed by atoms with Gasteiger partial charge in [0, 0.05) is 40.3 Å². The van der Waals surface area contributed by atoms with E-state index in [0.29, 0.717) is 23.8 Å². The van der Waals surface area contributed by atoms with E-state index in [4.69, 9.17) is 0 Å². The van der Waals surface area contributed by atoms with Crippen LogP contribution in [0, 0.1) is 17.0 Å². The number of rotatable bonds is 5. The Morgan fingerprint density at radius 2 is 1.96 bits per heavy atom. The summed E-state index contributed by atoms with van der Waals surface area (Å²) in [5, 5.41) is 17.3. The Balaban J connectivity index is 1.80. The first-order chi connectivity index (χ1) is 12.7. The van der Waals surface area contributed by atoms with Gasteiger partial charge < -0.3 is 5.32 Å². The van der Waals surface area contributed by atoms with E-state index in [-0.39, 0.29) is 11.1 Å². The van der Waals surface area contributed by atoms with Gasteiger partial charge in [0.1, 0.15) is 10.8 Å². The number of thiazole rings is 1. The molecule has 0 spiro atoms. The van der Waals surface area contributed by atoms with Gasteiger partial charge in [-0.1, -0.05) is 32.9 Å². The van der Waals surface area contributed by atoms with Crippen LogP contribution in [0.3, 0.4) is 0 Å². The van der Waals surface area contributed by atoms with Gasteiger partial charge in [0.25, 0.3) is 5.69 Å². The van der Waals surface area contributed by atoms with E-state index in [9.17, 15) is 10.1 Å². The molecular weight excluding hydrogens is 362 g/mol. The van der Waals surface area contributed by atoms with Gasteiger partial charge in [-0.05, 0) is 6.92 Å². The zero-order chi connectivity index (χ0) is 19.6. The highest BCUT2D eigenvalue weighted by Crippen LogP contribution is 2.25. The lowest BCUT2D eigenvalue weighted by molar-refractivity contribution is -0.384. The molecule has 27 heavy (non-hydrogen) atoms. The molecule has 7 nitrogen and oxygen atoms in total. The lowest BCUT2D eigenvalue weighted by Crippen LogP contribution is -2.12. The molecule has 3 aromatic rings. The summed E-state index contributed by atoms with van der Waals surface area (Å²) in [5.41, 5.74) is 2.50. The van der Waals surface area contributed by atoms with Gasteiger partial charge in [-0.3, -0.25) is 10.1 Å². The topological polar surface area (TPSA) is 93.8 Å². The molecular formula is C19H21N5O2S. The van der Waals surface area contributed by atoms with Crippen molar-refractivity contribution in [1.82, 2.24) is 15.0 Å². The van der Waals surface area contributed by atoms with Crippen molar-refractivity contribution in [2.24, 2.45) is 0 Å². The zero-order valence-corrected chi connectivity index (χ0v) is 16.5.